The van der Waals surface area contributed by atoms with Crippen molar-refractivity contribution in [2.45, 2.75) is 71.9 Å². The summed E-state index contributed by atoms with van der Waals surface area (Å²) in [5, 5.41) is 2.84. The van der Waals surface area contributed by atoms with Crippen LogP contribution in [0.5, 0.6) is 0 Å². The fourth-order valence-corrected chi connectivity index (χ4v) is 2.28. The monoisotopic (exact) mass is 373 g/mol. The van der Waals surface area contributed by atoms with E-state index in [2.05, 4.69) is 30.6 Å². The standard InChI is InChI=1S/C11H17NO3.C6H14O.CH4N2O/c1-3-15-11(14)9-4-6-10(7-5-9)12-8(2)13;1-4-6(5-2)7-3;2-1(3)4/h4,10H,3,5-7H2,1-2H3,(H,12,13);6H,4-5H2,1-3H3;(H4,2,3,4). The van der Waals surface area contributed by atoms with Crippen molar-refractivity contribution in [2.75, 3.05) is 13.7 Å². The minimum atomic E-state index is -0.833. The van der Waals surface area contributed by atoms with Gasteiger partial charge in [-0.05, 0) is 39.0 Å². The predicted molar refractivity (Wildman–Crippen MR) is 101 cm³/mol. The quantitative estimate of drug-likeness (QED) is 0.612. The van der Waals surface area contributed by atoms with E-state index in [0.29, 0.717) is 25.6 Å². The van der Waals surface area contributed by atoms with Gasteiger partial charge >= 0.3 is 12.0 Å². The highest BCUT2D eigenvalue weighted by atomic mass is 16.5. The van der Waals surface area contributed by atoms with Gasteiger partial charge in [0.05, 0.1) is 12.7 Å². The summed E-state index contributed by atoms with van der Waals surface area (Å²) < 4.78 is 9.95. The molecular formula is C18H35N3O5. The average molecular weight is 373 g/mol. The van der Waals surface area contributed by atoms with Gasteiger partial charge in [-0.15, -0.1) is 0 Å². The van der Waals surface area contributed by atoms with Crippen LogP contribution in [-0.2, 0) is 19.1 Å². The molecular weight excluding hydrogens is 338 g/mol. The number of esters is 1. The molecule has 1 rings (SSSR count). The fourth-order valence-electron chi connectivity index (χ4n) is 2.28. The fraction of sp³-hybridized carbons (Fsp3) is 0.722. The molecule has 0 aromatic rings. The SMILES string of the molecule is CCC(CC)OC.CCOC(=O)C1=CCC(NC(C)=O)CC1.NC(N)=O. The van der Waals surface area contributed by atoms with Gasteiger partial charge in [-0.1, -0.05) is 19.9 Å². The number of carbonyl (C=O) groups is 3. The molecule has 0 aromatic carbocycles. The van der Waals surface area contributed by atoms with Crippen molar-refractivity contribution in [3.63, 3.8) is 0 Å². The number of methoxy groups -OCH3 is 1. The molecule has 0 aromatic heterocycles. The Kier molecular flexibility index (Phi) is 16.5. The van der Waals surface area contributed by atoms with Crippen molar-refractivity contribution in [3.8, 4) is 0 Å². The lowest BCUT2D eigenvalue weighted by Crippen LogP contribution is -2.34. The van der Waals surface area contributed by atoms with Crippen LogP contribution >= 0.6 is 0 Å². The maximum absolute atomic E-state index is 11.3. The van der Waals surface area contributed by atoms with E-state index in [1.807, 2.05) is 6.08 Å². The van der Waals surface area contributed by atoms with Gasteiger partial charge in [0, 0.05) is 25.6 Å². The smallest absolute Gasteiger partial charge is 0.333 e. The molecule has 0 radical (unpaired) electrons. The van der Waals surface area contributed by atoms with E-state index in [-0.39, 0.29) is 17.9 Å². The Morgan fingerprint density at radius 1 is 1.23 bits per heavy atom. The lowest BCUT2D eigenvalue weighted by molar-refractivity contribution is -0.138. The first-order valence-electron chi connectivity index (χ1n) is 8.92. The minimum absolute atomic E-state index is 0.0204. The van der Waals surface area contributed by atoms with Crippen LogP contribution in [0.3, 0.4) is 0 Å². The van der Waals surface area contributed by atoms with E-state index in [1.165, 1.54) is 6.92 Å². The van der Waals surface area contributed by atoms with E-state index >= 15 is 0 Å². The molecule has 1 unspecified atom stereocenters. The zero-order valence-electron chi connectivity index (χ0n) is 16.7. The molecule has 0 spiro atoms. The predicted octanol–water partition coefficient (Wildman–Crippen LogP) is 2.01. The Balaban J connectivity index is 0. The normalized spacial score (nSPS) is 15.5. The Labute approximate surface area is 156 Å². The van der Waals surface area contributed by atoms with Crippen LogP contribution < -0.4 is 16.8 Å². The molecule has 0 fully saturated rings. The molecule has 0 saturated heterocycles. The molecule has 152 valence electrons. The summed E-state index contributed by atoms with van der Waals surface area (Å²) in [6.07, 6.45) is 6.82. The van der Waals surface area contributed by atoms with Crippen LogP contribution in [0.15, 0.2) is 11.6 Å². The number of nitrogens with one attached hydrogen (secondary N) is 1. The van der Waals surface area contributed by atoms with Gasteiger partial charge in [-0.25, -0.2) is 9.59 Å². The van der Waals surface area contributed by atoms with Crippen LogP contribution in [0.4, 0.5) is 4.79 Å². The van der Waals surface area contributed by atoms with Crippen molar-refractivity contribution in [2.24, 2.45) is 11.5 Å². The Morgan fingerprint density at radius 3 is 2.04 bits per heavy atom. The first-order chi connectivity index (χ1) is 12.2. The second-order valence-corrected chi connectivity index (χ2v) is 5.70. The second kappa shape index (κ2) is 16.4. The van der Waals surface area contributed by atoms with Crippen molar-refractivity contribution >= 4 is 17.9 Å². The molecule has 0 bridgehead atoms. The number of hydrogen-bond donors (Lipinski definition) is 3. The van der Waals surface area contributed by atoms with Crippen LogP contribution in [0.2, 0.25) is 0 Å². The first kappa shape index (κ1) is 26.1. The average Bonchev–Trinajstić information content (AvgIpc) is 2.57. The molecule has 1 aliphatic carbocycles. The summed E-state index contributed by atoms with van der Waals surface area (Å²) in [6, 6.07) is -0.666. The van der Waals surface area contributed by atoms with Crippen molar-refractivity contribution in [1.82, 2.24) is 5.32 Å². The summed E-state index contributed by atoms with van der Waals surface area (Å²) >= 11 is 0. The Morgan fingerprint density at radius 2 is 1.77 bits per heavy atom. The van der Waals surface area contributed by atoms with Crippen LogP contribution in [-0.4, -0.2) is 43.8 Å². The molecule has 0 saturated carbocycles. The van der Waals surface area contributed by atoms with Gasteiger partial charge < -0.3 is 26.3 Å². The van der Waals surface area contributed by atoms with Gasteiger partial charge in [-0.3, -0.25) is 4.79 Å². The number of amides is 3. The van der Waals surface area contributed by atoms with E-state index in [0.717, 1.165) is 24.8 Å². The van der Waals surface area contributed by atoms with Crippen molar-refractivity contribution < 1.29 is 23.9 Å². The van der Waals surface area contributed by atoms with E-state index in [9.17, 15) is 9.59 Å². The number of rotatable bonds is 6. The molecule has 3 amide bonds. The third-order valence-electron chi connectivity index (χ3n) is 3.60. The van der Waals surface area contributed by atoms with Gasteiger partial charge in [0.2, 0.25) is 5.91 Å². The highest BCUT2D eigenvalue weighted by molar-refractivity contribution is 5.88. The van der Waals surface area contributed by atoms with E-state index in [4.69, 9.17) is 14.3 Å². The molecule has 26 heavy (non-hydrogen) atoms. The van der Waals surface area contributed by atoms with Gasteiger partial charge in [0.1, 0.15) is 0 Å². The number of carbonyl (C=O) groups excluding carboxylic acids is 3. The molecule has 1 aliphatic rings. The second-order valence-electron chi connectivity index (χ2n) is 5.70. The van der Waals surface area contributed by atoms with Crippen LogP contribution in [0.1, 0.15) is 59.8 Å². The molecule has 8 heteroatoms. The first-order valence-corrected chi connectivity index (χ1v) is 8.92. The summed E-state index contributed by atoms with van der Waals surface area (Å²) in [6.45, 7) is 7.98. The van der Waals surface area contributed by atoms with E-state index < -0.39 is 6.03 Å². The summed E-state index contributed by atoms with van der Waals surface area (Å²) in [4.78, 5) is 31.2. The van der Waals surface area contributed by atoms with Crippen molar-refractivity contribution in [1.29, 1.82) is 0 Å². The molecule has 8 nitrogen and oxygen atoms in total. The maximum atomic E-state index is 11.3. The lowest BCUT2D eigenvalue weighted by atomic mass is 9.95. The number of urea groups is 1. The largest absolute Gasteiger partial charge is 0.463 e. The number of ether oxygens (including phenoxy) is 2. The highest BCUT2D eigenvalue weighted by Crippen LogP contribution is 2.19. The number of primary amides is 2. The highest BCUT2D eigenvalue weighted by Gasteiger charge is 2.19. The summed E-state index contributed by atoms with van der Waals surface area (Å²) in [5.74, 6) is -0.244. The topological polar surface area (TPSA) is 134 Å². The van der Waals surface area contributed by atoms with E-state index in [1.54, 1.807) is 14.0 Å². The minimum Gasteiger partial charge on any atom is -0.463 e. The molecule has 5 N–H and O–H groups in total. The number of nitrogens with two attached hydrogens (primary N) is 2. The molecule has 0 aliphatic heterocycles. The van der Waals surface area contributed by atoms with Crippen molar-refractivity contribution in [3.05, 3.63) is 11.6 Å². The number of hydrogen-bond acceptors (Lipinski definition) is 5. The Hall–Kier alpha value is -2.09. The zero-order valence-corrected chi connectivity index (χ0v) is 16.7. The zero-order chi connectivity index (χ0) is 20.5. The van der Waals surface area contributed by atoms with Gasteiger partial charge in [0.25, 0.3) is 0 Å². The lowest BCUT2D eigenvalue weighted by Gasteiger charge is -2.21. The van der Waals surface area contributed by atoms with Crippen LogP contribution in [0, 0.1) is 0 Å². The molecule has 0 heterocycles. The van der Waals surface area contributed by atoms with Gasteiger partial charge in [0.15, 0.2) is 0 Å². The maximum Gasteiger partial charge on any atom is 0.333 e. The van der Waals surface area contributed by atoms with Crippen LogP contribution in [0.25, 0.3) is 0 Å². The third-order valence-corrected chi connectivity index (χ3v) is 3.60. The summed E-state index contributed by atoms with van der Waals surface area (Å²) in [5.41, 5.74) is 9.23. The Bertz CT molecular complexity index is 439. The van der Waals surface area contributed by atoms with Gasteiger partial charge in [-0.2, -0.15) is 0 Å². The summed E-state index contributed by atoms with van der Waals surface area (Å²) in [7, 11) is 1.76. The molecule has 1 atom stereocenters. The third kappa shape index (κ3) is 15.4.